The molecule has 0 bridgehead atoms. The summed E-state index contributed by atoms with van der Waals surface area (Å²) in [5.41, 5.74) is 17.2. The molecule has 0 fully saturated rings. The first kappa shape index (κ1) is 32.3. The van der Waals surface area contributed by atoms with Gasteiger partial charge in [0.25, 0.3) is 0 Å². The van der Waals surface area contributed by atoms with Crippen LogP contribution in [0, 0.1) is 0 Å². The Balaban J connectivity index is 1.55. The normalized spacial score (nSPS) is 13.6. The molecule has 50 heavy (non-hydrogen) atoms. The summed E-state index contributed by atoms with van der Waals surface area (Å²) < 4.78 is 2.57. The molecule has 0 amide bonds. The second-order valence-corrected chi connectivity index (χ2v) is 17.5. The SMILES string of the molecule is CC(C)(C)c1cc(-n2c3cccc(-c4ccccc4)c3c3c(C(C)(C)C)c(C4c5ccccc5-c5ccccc54)ccc32)cc(C(C)(C)C)c1. The molecule has 1 aliphatic carbocycles. The Labute approximate surface area is 298 Å². The molecule has 1 aliphatic rings. The Bertz CT molecular complexity index is 2340. The van der Waals surface area contributed by atoms with Gasteiger partial charge in [-0.3, -0.25) is 0 Å². The van der Waals surface area contributed by atoms with E-state index in [-0.39, 0.29) is 22.2 Å². The fourth-order valence-corrected chi connectivity index (χ4v) is 8.45. The van der Waals surface area contributed by atoms with E-state index in [0.717, 1.165) is 0 Å². The average molecular weight is 652 g/mol. The van der Waals surface area contributed by atoms with Crippen molar-refractivity contribution in [2.75, 3.05) is 0 Å². The smallest absolute Gasteiger partial charge is 0.0547 e. The van der Waals surface area contributed by atoms with E-state index < -0.39 is 0 Å². The lowest BCUT2D eigenvalue weighted by atomic mass is 9.75. The third-order valence-electron chi connectivity index (χ3n) is 10.9. The Hall–Kier alpha value is -4.88. The van der Waals surface area contributed by atoms with E-state index in [1.165, 1.54) is 83.1 Å². The van der Waals surface area contributed by atoms with Crippen molar-refractivity contribution >= 4 is 21.8 Å². The molecule has 0 spiro atoms. The summed E-state index contributed by atoms with van der Waals surface area (Å²) >= 11 is 0. The van der Waals surface area contributed by atoms with Gasteiger partial charge in [0, 0.05) is 22.4 Å². The maximum absolute atomic E-state index is 2.57. The van der Waals surface area contributed by atoms with Crippen LogP contribution in [0.3, 0.4) is 0 Å². The first-order chi connectivity index (χ1) is 23.7. The van der Waals surface area contributed by atoms with Crippen molar-refractivity contribution in [1.82, 2.24) is 4.57 Å². The Kier molecular flexibility index (Phi) is 7.32. The van der Waals surface area contributed by atoms with Crippen molar-refractivity contribution in [2.24, 2.45) is 0 Å². The molecule has 1 heteroatoms. The van der Waals surface area contributed by atoms with Crippen molar-refractivity contribution in [1.29, 1.82) is 0 Å². The van der Waals surface area contributed by atoms with Gasteiger partial charge < -0.3 is 4.57 Å². The van der Waals surface area contributed by atoms with Crippen LogP contribution in [-0.2, 0) is 16.2 Å². The first-order valence-electron chi connectivity index (χ1n) is 18.2. The van der Waals surface area contributed by atoms with Gasteiger partial charge >= 0.3 is 0 Å². The number of nitrogens with zero attached hydrogens (tertiary/aromatic N) is 1. The molecule has 0 atom stereocenters. The monoisotopic (exact) mass is 651 g/mol. The number of hydrogen-bond donors (Lipinski definition) is 0. The van der Waals surface area contributed by atoms with Crippen LogP contribution in [0.1, 0.15) is 102 Å². The second-order valence-electron chi connectivity index (χ2n) is 17.5. The predicted octanol–water partition coefficient (Wildman–Crippen LogP) is 13.5. The molecule has 0 saturated heterocycles. The van der Waals surface area contributed by atoms with Gasteiger partial charge in [0.2, 0.25) is 0 Å². The maximum atomic E-state index is 2.57. The van der Waals surface area contributed by atoms with Crippen LogP contribution < -0.4 is 0 Å². The number of benzene rings is 6. The third kappa shape index (κ3) is 5.13. The minimum absolute atomic E-state index is 0.0109. The van der Waals surface area contributed by atoms with E-state index in [1.54, 1.807) is 0 Å². The van der Waals surface area contributed by atoms with Gasteiger partial charge in [-0.15, -0.1) is 0 Å². The fraction of sp³-hybridized carbons (Fsp3) is 0.265. The average Bonchev–Trinajstić information content (AvgIpc) is 3.60. The third-order valence-corrected chi connectivity index (χ3v) is 10.9. The Morgan fingerprint density at radius 2 is 0.940 bits per heavy atom. The molecule has 8 rings (SSSR count). The summed E-state index contributed by atoms with van der Waals surface area (Å²) in [4.78, 5) is 0. The summed E-state index contributed by atoms with van der Waals surface area (Å²) in [5, 5.41) is 2.70. The van der Waals surface area contributed by atoms with E-state index in [4.69, 9.17) is 0 Å². The summed E-state index contributed by atoms with van der Waals surface area (Å²) in [6, 6.07) is 48.2. The molecule has 1 aromatic heterocycles. The van der Waals surface area contributed by atoms with Gasteiger partial charge in [-0.05, 0) is 96.1 Å². The number of rotatable bonds is 3. The van der Waals surface area contributed by atoms with Crippen LogP contribution in [0.4, 0.5) is 0 Å². The van der Waals surface area contributed by atoms with Gasteiger partial charge in [0.1, 0.15) is 0 Å². The molecule has 0 N–H and O–H groups in total. The highest BCUT2D eigenvalue weighted by atomic mass is 15.0. The summed E-state index contributed by atoms with van der Waals surface area (Å²) in [6.07, 6.45) is 0. The van der Waals surface area contributed by atoms with Gasteiger partial charge in [0.15, 0.2) is 0 Å². The minimum atomic E-state index is -0.131. The van der Waals surface area contributed by atoms with Gasteiger partial charge in [-0.1, -0.05) is 165 Å². The number of fused-ring (bicyclic) bond motifs is 6. The maximum Gasteiger partial charge on any atom is 0.0547 e. The molecule has 0 unspecified atom stereocenters. The van der Waals surface area contributed by atoms with Crippen LogP contribution >= 0.6 is 0 Å². The zero-order valence-corrected chi connectivity index (χ0v) is 31.1. The Morgan fingerprint density at radius 1 is 0.420 bits per heavy atom. The van der Waals surface area contributed by atoms with Crippen molar-refractivity contribution < 1.29 is 0 Å². The molecule has 250 valence electrons. The standard InChI is InChI=1S/C49H49N/c1-47(2,3)32-28-33(48(4,5)6)30-34(29-32)50-41-25-17-24-35(31-18-11-10-12-19-31)44(41)45-42(50)27-26-40(46(45)49(7,8)9)43-38-22-15-13-20-36(38)37-21-14-16-23-39(37)43/h10-30,43H,1-9H3. The van der Waals surface area contributed by atoms with Gasteiger partial charge in [-0.2, -0.15) is 0 Å². The molecule has 0 aliphatic heterocycles. The molecule has 1 nitrogen and oxygen atoms in total. The molecule has 7 aromatic rings. The van der Waals surface area contributed by atoms with E-state index >= 15 is 0 Å². The number of aromatic nitrogens is 1. The van der Waals surface area contributed by atoms with Crippen LogP contribution in [0.25, 0.3) is 49.7 Å². The highest BCUT2D eigenvalue weighted by molar-refractivity contribution is 6.17. The molecular weight excluding hydrogens is 603 g/mol. The van der Waals surface area contributed by atoms with Crippen molar-refractivity contribution in [3.63, 3.8) is 0 Å². The molecule has 1 heterocycles. The summed E-state index contributed by atoms with van der Waals surface area (Å²) in [7, 11) is 0. The van der Waals surface area contributed by atoms with Crippen molar-refractivity contribution in [3.8, 4) is 27.9 Å². The number of hydrogen-bond acceptors (Lipinski definition) is 0. The quantitative estimate of drug-likeness (QED) is 0.179. The lowest BCUT2D eigenvalue weighted by molar-refractivity contribution is 0.568. The Morgan fingerprint density at radius 3 is 1.50 bits per heavy atom. The van der Waals surface area contributed by atoms with Crippen molar-refractivity contribution in [3.05, 3.63) is 161 Å². The topological polar surface area (TPSA) is 4.93 Å². The van der Waals surface area contributed by atoms with Crippen molar-refractivity contribution in [2.45, 2.75) is 84.5 Å². The lowest BCUT2D eigenvalue weighted by Gasteiger charge is -2.29. The largest absolute Gasteiger partial charge is 0.309 e. The highest BCUT2D eigenvalue weighted by Gasteiger charge is 2.35. The summed E-state index contributed by atoms with van der Waals surface area (Å²) in [5.74, 6) is 0.167. The van der Waals surface area contributed by atoms with Crippen LogP contribution in [-0.4, -0.2) is 4.57 Å². The predicted molar refractivity (Wildman–Crippen MR) is 215 cm³/mol. The molecular formula is C49H49N. The molecule has 6 aromatic carbocycles. The second kappa shape index (κ2) is 11.3. The molecule has 0 radical (unpaired) electrons. The van der Waals surface area contributed by atoms with Crippen LogP contribution in [0.5, 0.6) is 0 Å². The lowest BCUT2D eigenvalue weighted by Crippen LogP contribution is -2.18. The zero-order valence-electron chi connectivity index (χ0n) is 31.1. The summed E-state index contributed by atoms with van der Waals surface area (Å²) in [6.45, 7) is 21.2. The van der Waals surface area contributed by atoms with E-state index in [2.05, 4.69) is 194 Å². The van der Waals surface area contributed by atoms with E-state index in [1.807, 2.05) is 0 Å². The highest BCUT2D eigenvalue weighted by Crippen LogP contribution is 2.53. The van der Waals surface area contributed by atoms with Crippen LogP contribution in [0.15, 0.2) is 127 Å². The van der Waals surface area contributed by atoms with E-state index in [9.17, 15) is 0 Å². The van der Waals surface area contributed by atoms with Gasteiger partial charge in [0.05, 0.1) is 11.0 Å². The van der Waals surface area contributed by atoms with Gasteiger partial charge in [-0.25, -0.2) is 0 Å². The molecule has 0 saturated carbocycles. The first-order valence-corrected chi connectivity index (χ1v) is 18.2. The minimum Gasteiger partial charge on any atom is -0.309 e. The van der Waals surface area contributed by atoms with Crippen LogP contribution in [0.2, 0.25) is 0 Å². The van der Waals surface area contributed by atoms with E-state index in [0.29, 0.717) is 0 Å². The fourth-order valence-electron chi connectivity index (χ4n) is 8.45. The zero-order chi connectivity index (χ0) is 35.2.